The molecular weight excluding hydrogens is 967 g/mol. The molecule has 0 aliphatic carbocycles. The molecule has 0 saturated carbocycles. The fraction of sp³-hybridized carbons (Fsp3) is 0.641. The van der Waals surface area contributed by atoms with Crippen LogP contribution in [-0.2, 0) is 56.5 Å². The molecule has 1 unspecified atom stereocenters. The minimum Gasteiger partial charge on any atom is -0.399 e. The zero-order valence-corrected chi connectivity index (χ0v) is 40.0. The molecule has 3 fully saturated rings. The third-order valence-electron chi connectivity index (χ3n) is 11.4. The van der Waals surface area contributed by atoms with Crippen molar-refractivity contribution in [2.45, 2.75) is 144 Å². The summed E-state index contributed by atoms with van der Waals surface area (Å²) in [5, 5.41) is 7.54. The van der Waals surface area contributed by atoms with E-state index < -0.39 is 87.9 Å². The normalized spacial score (nSPS) is 20.0. The molecule has 4 aromatic rings. The van der Waals surface area contributed by atoms with Crippen LogP contribution in [0.4, 0.5) is 38.0 Å². The predicted molar refractivity (Wildman–Crippen MR) is 248 cm³/mol. The van der Waals surface area contributed by atoms with Crippen LogP contribution >= 0.6 is 23.2 Å². The van der Waals surface area contributed by atoms with Crippen LogP contribution in [0.1, 0.15) is 90.0 Å². The quantitative estimate of drug-likeness (QED) is 0.140. The lowest BCUT2D eigenvalue weighted by atomic mass is 9.77. The summed E-state index contributed by atoms with van der Waals surface area (Å²) in [6.45, 7) is 14.6. The van der Waals surface area contributed by atoms with E-state index in [4.69, 9.17) is 52.3 Å². The van der Waals surface area contributed by atoms with Gasteiger partial charge in [0.15, 0.2) is 11.6 Å². The first kappa shape index (κ1) is 57.3. The molecule has 0 radical (unpaired) electrons. The molecule has 2 aromatic carbocycles. The third kappa shape index (κ3) is 12.2. The van der Waals surface area contributed by atoms with Crippen molar-refractivity contribution in [1.82, 2.24) is 19.6 Å². The van der Waals surface area contributed by atoms with Crippen LogP contribution in [-0.4, -0.2) is 111 Å². The smallest absolute Gasteiger partial charge is 0.399 e. The molecule has 15 nitrogen and oxygen atoms in total. The first-order valence-electron chi connectivity index (χ1n) is 19.7. The summed E-state index contributed by atoms with van der Waals surface area (Å²) in [4.78, 5) is 0. The molecule has 372 valence electrons. The number of nitrogen functional groups attached to an aromatic ring is 1. The van der Waals surface area contributed by atoms with E-state index in [-0.39, 0.29) is 61.7 Å². The second-order valence-electron chi connectivity index (χ2n) is 17.7. The van der Waals surface area contributed by atoms with Crippen molar-refractivity contribution in [3.63, 3.8) is 0 Å². The van der Waals surface area contributed by atoms with Crippen molar-refractivity contribution in [3.05, 3.63) is 34.3 Å². The lowest BCUT2D eigenvalue weighted by Crippen LogP contribution is -2.41. The van der Waals surface area contributed by atoms with Crippen LogP contribution in [0.2, 0.25) is 10.0 Å². The van der Waals surface area contributed by atoms with Gasteiger partial charge in [-0.25, -0.2) is 16.8 Å². The zero-order chi connectivity index (χ0) is 48.6. The van der Waals surface area contributed by atoms with Gasteiger partial charge in [0, 0.05) is 17.5 Å². The SMILES string of the molecule is C.C.CC1(C)OB(c2ccc(Cl)c3c(N(S(C)(=O)=O)S(C)(=O)=O)nn(CC(F)(F)F)c23)OC1(C)C.CC1(C)OB(c2ccc(Cl)c3c(N)nn(CC(F)(F)F)c23)OC1(C)C.CC1CCCO1. The summed E-state index contributed by atoms with van der Waals surface area (Å²) < 4.78 is 158. The van der Waals surface area contributed by atoms with Gasteiger partial charge >= 0.3 is 26.6 Å². The summed E-state index contributed by atoms with van der Waals surface area (Å²) in [5.41, 5.74) is 3.25. The highest BCUT2D eigenvalue weighted by Crippen LogP contribution is 2.41. The number of fused-ring (bicyclic) bond motifs is 2. The van der Waals surface area contributed by atoms with Crippen molar-refractivity contribution in [2.24, 2.45) is 0 Å². The van der Waals surface area contributed by atoms with Gasteiger partial charge in [-0.3, -0.25) is 9.36 Å². The second kappa shape index (κ2) is 19.4. The molecule has 5 heterocycles. The molecule has 66 heavy (non-hydrogen) atoms. The van der Waals surface area contributed by atoms with Crippen molar-refractivity contribution in [1.29, 1.82) is 0 Å². The van der Waals surface area contributed by atoms with E-state index in [0.29, 0.717) is 28.8 Å². The Hall–Kier alpha value is -3.03. The summed E-state index contributed by atoms with van der Waals surface area (Å²) in [6, 6.07) is 5.80. The lowest BCUT2D eigenvalue weighted by Gasteiger charge is -2.32. The standard InChI is InChI=1S/C17H22BClF3N3O6S2.C15H18BClF3N3O2.C5H10O.2CH4/c1-15(2)16(3,4)31-18(30-15)10-7-8-11(19)12-13(10)24(9-17(20,21)22)23-14(12)25(32(5,26)27)33(6,28)29;1-13(2)14(3,4)25-16(24-13)8-5-6-9(17)10-11(8)23(22-12(10)21)7-15(18,19)20;1-5-3-2-4-6-5;;/h7-8H,9H2,1-6H3;5-6H,7H2,1-4H3,(H2,21,22);5H,2-4H2,1H3;2*1H4. The number of ether oxygens (including phenoxy) is 1. The Morgan fingerprint density at radius 1 is 0.712 bits per heavy atom. The van der Waals surface area contributed by atoms with Crippen molar-refractivity contribution >= 4 is 102 Å². The molecule has 2 N–H and O–H groups in total. The number of halogens is 8. The molecule has 0 bridgehead atoms. The number of sulfonamides is 2. The maximum Gasteiger partial charge on any atom is 0.497 e. The van der Waals surface area contributed by atoms with Gasteiger partial charge in [-0.15, -0.1) is 3.71 Å². The number of alkyl halides is 6. The van der Waals surface area contributed by atoms with Crippen LogP contribution in [0.25, 0.3) is 21.8 Å². The van der Waals surface area contributed by atoms with E-state index in [2.05, 4.69) is 17.1 Å². The van der Waals surface area contributed by atoms with Crippen LogP contribution in [0.5, 0.6) is 0 Å². The summed E-state index contributed by atoms with van der Waals surface area (Å²) in [5.74, 6) is -0.842. The number of aromatic nitrogens is 4. The van der Waals surface area contributed by atoms with Gasteiger partial charge in [-0.2, -0.15) is 36.5 Å². The Kier molecular flexibility index (Phi) is 16.8. The lowest BCUT2D eigenvalue weighted by molar-refractivity contribution is -0.142. The maximum absolute atomic E-state index is 13.4. The highest BCUT2D eigenvalue weighted by molar-refractivity contribution is 8.09. The minimum absolute atomic E-state index is 0. The highest BCUT2D eigenvalue weighted by Gasteiger charge is 2.54. The Labute approximate surface area is 393 Å². The van der Waals surface area contributed by atoms with E-state index >= 15 is 0 Å². The summed E-state index contributed by atoms with van der Waals surface area (Å²) in [7, 11) is -11.0. The fourth-order valence-electron chi connectivity index (χ4n) is 6.94. The Balaban J connectivity index is 0.000000309. The van der Waals surface area contributed by atoms with E-state index in [1.807, 2.05) is 27.7 Å². The Morgan fingerprint density at radius 3 is 1.39 bits per heavy atom. The van der Waals surface area contributed by atoms with Gasteiger partial charge in [-0.1, -0.05) is 50.2 Å². The number of benzene rings is 2. The average molecular weight is 1030 g/mol. The number of hydrogen-bond acceptors (Lipinski definition) is 12. The van der Waals surface area contributed by atoms with Crippen LogP contribution < -0.4 is 20.4 Å². The van der Waals surface area contributed by atoms with Crippen LogP contribution in [0, 0.1) is 0 Å². The van der Waals surface area contributed by atoms with Crippen molar-refractivity contribution in [3.8, 4) is 0 Å². The second-order valence-corrected chi connectivity index (χ2v) is 22.4. The molecule has 3 aliphatic heterocycles. The van der Waals surface area contributed by atoms with Gasteiger partial charge in [0.25, 0.3) is 0 Å². The topological polar surface area (TPSA) is 179 Å². The van der Waals surface area contributed by atoms with Gasteiger partial charge in [0.1, 0.15) is 13.1 Å². The number of nitrogens with two attached hydrogens (primary N) is 1. The largest absolute Gasteiger partial charge is 0.497 e. The maximum atomic E-state index is 13.4. The molecule has 0 amide bonds. The molecular formula is C39H58B2Cl2F6N6O9S2. The van der Waals surface area contributed by atoms with Crippen molar-refractivity contribution in [2.75, 3.05) is 28.6 Å². The monoisotopic (exact) mass is 1020 g/mol. The van der Waals surface area contributed by atoms with Crippen LogP contribution in [0.3, 0.4) is 0 Å². The Bertz CT molecular complexity index is 2560. The molecule has 3 saturated heterocycles. The fourth-order valence-corrected chi connectivity index (χ4v) is 10.3. The van der Waals surface area contributed by atoms with Crippen LogP contribution in [0.15, 0.2) is 24.3 Å². The molecule has 2 aromatic heterocycles. The third-order valence-corrected chi connectivity index (χ3v) is 15.2. The first-order chi connectivity index (χ1) is 28.9. The molecule has 1 atom stereocenters. The van der Waals surface area contributed by atoms with E-state index in [1.165, 1.54) is 25.0 Å². The predicted octanol–water partition coefficient (Wildman–Crippen LogP) is 7.87. The number of anilines is 2. The van der Waals surface area contributed by atoms with Gasteiger partial charge in [0.05, 0.1) is 72.9 Å². The molecule has 3 aliphatic rings. The summed E-state index contributed by atoms with van der Waals surface area (Å²) in [6.07, 6.45) is -4.97. The molecule has 7 rings (SSSR count). The molecule has 27 heteroatoms. The van der Waals surface area contributed by atoms with Crippen molar-refractivity contribution < 1.29 is 66.5 Å². The van der Waals surface area contributed by atoms with Gasteiger partial charge in [-0.05, 0) is 87.3 Å². The van der Waals surface area contributed by atoms with E-state index in [1.54, 1.807) is 39.8 Å². The average Bonchev–Trinajstić information content (AvgIpc) is 3.87. The molecule has 0 spiro atoms. The van der Waals surface area contributed by atoms with Gasteiger partial charge in [0.2, 0.25) is 20.0 Å². The zero-order valence-electron chi connectivity index (χ0n) is 36.9. The number of nitrogens with zero attached hydrogens (tertiary/aromatic N) is 5. The van der Waals surface area contributed by atoms with E-state index in [0.717, 1.165) is 11.3 Å². The van der Waals surface area contributed by atoms with Gasteiger partial charge < -0.3 is 29.1 Å². The summed E-state index contributed by atoms with van der Waals surface area (Å²) >= 11 is 12.4. The minimum atomic E-state index is -4.77. The number of hydrogen-bond donors (Lipinski definition) is 1. The Morgan fingerprint density at radius 2 is 1.08 bits per heavy atom. The van der Waals surface area contributed by atoms with E-state index in [9.17, 15) is 43.2 Å². The number of rotatable bonds is 7. The highest BCUT2D eigenvalue weighted by atomic mass is 35.5. The first-order valence-corrected chi connectivity index (χ1v) is 24.1.